The van der Waals surface area contributed by atoms with Crippen molar-refractivity contribution in [3.8, 4) is 5.69 Å². The molecule has 2 rings (SSSR count). The molecule has 130 valence electrons. The predicted octanol–water partition coefficient (Wildman–Crippen LogP) is 4.54. The molecule has 1 aromatic carbocycles. The van der Waals surface area contributed by atoms with Crippen LogP contribution in [-0.4, -0.2) is 38.4 Å². The Bertz CT molecular complexity index is 745. The van der Waals surface area contributed by atoms with E-state index >= 15 is 0 Å². The lowest BCUT2D eigenvalue weighted by Gasteiger charge is -2.30. The topological polar surface area (TPSA) is 38.1 Å². The summed E-state index contributed by atoms with van der Waals surface area (Å²) in [4.78, 5) is 14.3. The fraction of sp³-hybridized carbons (Fsp3) is 0.438. The molecule has 0 saturated heterocycles. The lowest BCUT2D eigenvalue weighted by Crippen LogP contribution is -2.43. The number of thioether (sulfide) groups is 1. The summed E-state index contributed by atoms with van der Waals surface area (Å²) in [6, 6.07) is 6.32. The maximum atomic E-state index is 13.0. The van der Waals surface area contributed by atoms with E-state index in [1.165, 1.54) is 35.2 Å². The summed E-state index contributed by atoms with van der Waals surface area (Å²) < 4.78 is 15.9. The Labute approximate surface area is 154 Å². The van der Waals surface area contributed by atoms with E-state index in [-0.39, 0.29) is 23.8 Å². The number of carbonyl (C=O) groups excluding carboxylic acids is 1. The molecule has 0 N–H and O–H groups in total. The number of benzene rings is 1. The third kappa shape index (κ3) is 4.64. The molecule has 0 aliphatic carbocycles. The maximum absolute atomic E-state index is 13.0. The molecule has 0 atom stereocenters. The predicted molar refractivity (Wildman–Crippen MR) is 100 cm³/mol. The van der Waals surface area contributed by atoms with Gasteiger partial charge in [-0.25, -0.2) is 9.07 Å². The number of aromatic nitrogens is 2. The zero-order valence-electron chi connectivity index (χ0n) is 14.0. The maximum Gasteiger partial charge on any atom is 0.233 e. The van der Waals surface area contributed by atoms with Crippen molar-refractivity contribution in [2.45, 2.75) is 44.1 Å². The van der Waals surface area contributed by atoms with E-state index in [2.05, 4.69) is 5.10 Å². The molecule has 0 spiro atoms. The largest absolute Gasteiger partial charge is 0.337 e. The molecule has 1 heterocycles. The van der Waals surface area contributed by atoms with E-state index in [1.54, 1.807) is 16.8 Å². The Morgan fingerprint density at radius 3 is 2.42 bits per heavy atom. The Morgan fingerprint density at radius 1 is 1.29 bits per heavy atom. The minimum atomic E-state index is -0.303. The average Bonchev–Trinajstić information content (AvgIpc) is 2.86. The van der Waals surface area contributed by atoms with Gasteiger partial charge in [0.1, 0.15) is 5.82 Å². The summed E-state index contributed by atoms with van der Waals surface area (Å²) in [6.07, 6.45) is 0. The summed E-state index contributed by atoms with van der Waals surface area (Å²) in [5.41, 5.74) is 0.710. The third-order valence-electron chi connectivity index (χ3n) is 3.32. The van der Waals surface area contributed by atoms with Gasteiger partial charge in [0, 0.05) is 12.1 Å². The number of halogens is 1. The zero-order valence-corrected chi connectivity index (χ0v) is 16.5. The molecule has 0 bridgehead atoms. The van der Waals surface area contributed by atoms with Crippen LogP contribution >= 0.6 is 35.3 Å². The Morgan fingerprint density at radius 2 is 1.88 bits per heavy atom. The van der Waals surface area contributed by atoms with E-state index in [4.69, 9.17) is 12.2 Å². The van der Waals surface area contributed by atoms with Crippen molar-refractivity contribution < 1.29 is 9.18 Å². The molecule has 1 aromatic heterocycles. The van der Waals surface area contributed by atoms with Crippen molar-refractivity contribution >= 4 is 41.2 Å². The van der Waals surface area contributed by atoms with Gasteiger partial charge in [0.05, 0.1) is 11.4 Å². The van der Waals surface area contributed by atoms with Crippen LogP contribution in [0.25, 0.3) is 5.69 Å². The van der Waals surface area contributed by atoms with E-state index in [9.17, 15) is 9.18 Å². The SMILES string of the molecule is CC(C)N(C(=O)CSc1nn(-c2ccc(F)cc2)c(=S)s1)C(C)C. The van der Waals surface area contributed by atoms with Crippen LogP contribution in [0, 0.1) is 9.77 Å². The van der Waals surface area contributed by atoms with Gasteiger partial charge in [-0.3, -0.25) is 4.79 Å². The standard InChI is InChI=1S/C16H20FN3OS3/c1-10(2)19(11(3)4)14(21)9-23-15-18-20(16(22)24-15)13-7-5-12(17)6-8-13/h5-8,10-11H,9H2,1-4H3. The Hall–Kier alpha value is -1.25. The number of rotatable bonds is 6. The number of hydrogen-bond acceptors (Lipinski definition) is 5. The summed E-state index contributed by atoms with van der Waals surface area (Å²) in [5, 5.41) is 4.43. The van der Waals surface area contributed by atoms with Gasteiger partial charge in [0.15, 0.2) is 8.29 Å². The number of carbonyl (C=O) groups is 1. The molecule has 0 saturated carbocycles. The molecule has 8 heteroatoms. The van der Waals surface area contributed by atoms with Crippen molar-refractivity contribution in [2.75, 3.05) is 5.75 Å². The molecule has 2 aromatic rings. The monoisotopic (exact) mass is 385 g/mol. The van der Waals surface area contributed by atoms with Crippen LogP contribution in [0.2, 0.25) is 0 Å². The first kappa shape index (κ1) is 19.1. The van der Waals surface area contributed by atoms with Gasteiger partial charge in [-0.2, -0.15) is 0 Å². The van der Waals surface area contributed by atoms with Crippen molar-refractivity contribution in [1.82, 2.24) is 14.7 Å². The molecule has 0 fully saturated rings. The van der Waals surface area contributed by atoms with Gasteiger partial charge < -0.3 is 4.90 Å². The van der Waals surface area contributed by atoms with E-state index in [0.29, 0.717) is 15.4 Å². The number of hydrogen-bond donors (Lipinski definition) is 0. The van der Waals surface area contributed by atoms with Crippen molar-refractivity contribution in [3.63, 3.8) is 0 Å². The summed E-state index contributed by atoms with van der Waals surface area (Å²) in [5.74, 6) is 0.102. The second-order valence-electron chi connectivity index (χ2n) is 5.80. The summed E-state index contributed by atoms with van der Waals surface area (Å²) >= 11 is 8.05. The smallest absolute Gasteiger partial charge is 0.233 e. The third-order valence-corrected chi connectivity index (χ3v) is 5.67. The van der Waals surface area contributed by atoms with E-state index in [1.807, 2.05) is 32.6 Å². The molecule has 24 heavy (non-hydrogen) atoms. The van der Waals surface area contributed by atoms with Crippen LogP contribution in [-0.2, 0) is 4.79 Å². The van der Waals surface area contributed by atoms with Crippen LogP contribution in [0.5, 0.6) is 0 Å². The molecule has 4 nitrogen and oxygen atoms in total. The first-order valence-electron chi connectivity index (χ1n) is 7.59. The van der Waals surface area contributed by atoms with Crippen LogP contribution in [0.3, 0.4) is 0 Å². The molecular formula is C16H20FN3OS3. The highest BCUT2D eigenvalue weighted by Gasteiger charge is 2.20. The zero-order chi connectivity index (χ0) is 17.9. The minimum absolute atomic E-state index is 0.0828. The van der Waals surface area contributed by atoms with Gasteiger partial charge in [0.25, 0.3) is 0 Å². The second-order valence-corrected chi connectivity index (χ2v) is 8.64. The van der Waals surface area contributed by atoms with Gasteiger partial charge in [-0.05, 0) is 64.2 Å². The van der Waals surface area contributed by atoms with Crippen LogP contribution < -0.4 is 0 Å². The highest BCUT2D eigenvalue weighted by molar-refractivity contribution is 8.01. The number of amides is 1. The lowest BCUT2D eigenvalue weighted by atomic mass is 10.2. The fourth-order valence-electron chi connectivity index (χ4n) is 2.43. The molecule has 1 amide bonds. The van der Waals surface area contributed by atoms with E-state index in [0.717, 1.165) is 4.34 Å². The fourth-order valence-corrected chi connectivity index (χ4v) is 4.67. The van der Waals surface area contributed by atoms with Crippen LogP contribution in [0.1, 0.15) is 27.7 Å². The second kappa shape index (κ2) is 8.22. The quantitative estimate of drug-likeness (QED) is 0.540. The molecule has 0 unspecified atom stereocenters. The van der Waals surface area contributed by atoms with Gasteiger partial charge in [-0.15, -0.1) is 5.10 Å². The highest BCUT2D eigenvalue weighted by Crippen LogP contribution is 2.25. The van der Waals surface area contributed by atoms with Crippen LogP contribution in [0.15, 0.2) is 28.6 Å². The average molecular weight is 386 g/mol. The van der Waals surface area contributed by atoms with Gasteiger partial charge in [-0.1, -0.05) is 23.1 Å². The van der Waals surface area contributed by atoms with Crippen molar-refractivity contribution in [2.24, 2.45) is 0 Å². The molecule has 0 aliphatic heterocycles. The lowest BCUT2D eigenvalue weighted by molar-refractivity contribution is -0.131. The summed E-state index contributed by atoms with van der Waals surface area (Å²) in [6.45, 7) is 8.04. The first-order chi connectivity index (χ1) is 11.3. The molecule has 0 aliphatic rings. The molecular weight excluding hydrogens is 365 g/mol. The summed E-state index contributed by atoms with van der Waals surface area (Å²) in [7, 11) is 0. The van der Waals surface area contributed by atoms with Gasteiger partial charge in [0.2, 0.25) is 5.91 Å². The minimum Gasteiger partial charge on any atom is -0.337 e. The molecule has 0 radical (unpaired) electrons. The van der Waals surface area contributed by atoms with Crippen molar-refractivity contribution in [1.29, 1.82) is 0 Å². The van der Waals surface area contributed by atoms with E-state index < -0.39 is 0 Å². The first-order valence-corrected chi connectivity index (χ1v) is 9.80. The Kier molecular flexibility index (Phi) is 6.54. The Balaban J connectivity index is 2.09. The highest BCUT2D eigenvalue weighted by atomic mass is 32.2. The van der Waals surface area contributed by atoms with Crippen LogP contribution in [0.4, 0.5) is 4.39 Å². The van der Waals surface area contributed by atoms with Gasteiger partial charge >= 0.3 is 0 Å². The normalized spacial score (nSPS) is 11.3. The van der Waals surface area contributed by atoms with Crippen molar-refractivity contribution in [3.05, 3.63) is 34.0 Å². The number of nitrogens with zero attached hydrogens (tertiary/aromatic N) is 3.